The van der Waals surface area contributed by atoms with Gasteiger partial charge in [-0.1, -0.05) is 43.1 Å². The monoisotopic (exact) mass is 259 g/mol. The molecule has 0 saturated carbocycles. The lowest BCUT2D eigenvalue weighted by molar-refractivity contribution is 0.387. The van der Waals surface area contributed by atoms with Crippen LogP contribution in [0.3, 0.4) is 0 Å². The molecule has 0 fully saturated rings. The van der Waals surface area contributed by atoms with Crippen LogP contribution in [0, 0.1) is 5.92 Å². The SMILES string of the molecule is CCC(NC)C(C)Cc1ccc(Cl)c(Cl)c1. The average Bonchev–Trinajstić information content (AvgIpc) is 2.25. The number of halogens is 2. The zero-order valence-corrected chi connectivity index (χ0v) is 11.6. The Morgan fingerprint density at radius 1 is 1.25 bits per heavy atom. The predicted molar refractivity (Wildman–Crippen MR) is 72.5 cm³/mol. The normalized spacial score (nSPS) is 14.8. The Morgan fingerprint density at radius 2 is 1.94 bits per heavy atom. The highest BCUT2D eigenvalue weighted by atomic mass is 35.5. The van der Waals surface area contributed by atoms with Crippen LogP contribution in [0.4, 0.5) is 0 Å². The maximum Gasteiger partial charge on any atom is 0.0595 e. The first-order valence-corrected chi connectivity index (χ1v) is 6.45. The average molecular weight is 260 g/mol. The summed E-state index contributed by atoms with van der Waals surface area (Å²) in [6.07, 6.45) is 2.16. The second-order valence-corrected chi connectivity index (χ2v) is 5.05. The molecule has 16 heavy (non-hydrogen) atoms. The molecule has 2 unspecified atom stereocenters. The molecule has 3 heteroatoms. The molecule has 0 spiro atoms. The van der Waals surface area contributed by atoms with E-state index >= 15 is 0 Å². The van der Waals surface area contributed by atoms with Crippen LogP contribution in [0.5, 0.6) is 0 Å². The third-order valence-electron chi connectivity index (χ3n) is 3.04. The van der Waals surface area contributed by atoms with Crippen LogP contribution >= 0.6 is 23.2 Å². The van der Waals surface area contributed by atoms with E-state index in [2.05, 4.69) is 19.2 Å². The van der Waals surface area contributed by atoms with E-state index in [4.69, 9.17) is 23.2 Å². The van der Waals surface area contributed by atoms with E-state index in [-0.39, 0.29) is 0 Å². The molecular weight excluding hydrogens is 241 g/mol. The molecule has 0 aromatic heterocycles. The summed E-state index contributed by atoms with van der Waals surface area (Å²) in [6.45, 7) is 4.46. The summed E-state index contributed by atoms with van der Waals surface area (Å²) in [4.78, 5) is 0. The Balaban J connectivity index is 2.69. The van der Waals surface area contributed by atoms with Gasteiger partial charge in [-0.15, -0.1) is 0 Å². The zero-order chi connectivity index (χ0) is 12.1. The van der Waals surface area contributed by atoms with Crippen LogP contribution in [-0.2, 0) is 6.42 Å². The van der Waals surface area contributed by atoms with Crippen molar-refractivity contribution in [2.45, 2.75) is 32.7 Å². The van der Waals surface area contributed by atoms with Crippen molar-refractivity contribution in [3.63, 3.8) is 0 Å². The maximum absolute atomic E-state index is 6.00. The fourth-order valence-corrected chi connectivity index (χ4v) is 2.39. The van der Waals surface area contributed by atoms with E-state index in [1.54, 1.807) is 0 Å². The Kier molecular flexibility index (Phi) is 5.60. The molecular formula is C13H19Cl2N. The van der Waals surface area contributed by atoms with Crippen molar-refractivity contribution in [1.82, 2.24) is 5.32 Å². The second kappa shape index (κ2) is 6.48. The standard InChI is InChI=1S/C13H19Cl2N/c1-4-13(16-3)9(2)7-10-5-6-11(14)12(15)8-10/h5-6,8-9,13,16H,4,7H2,1-3H3. The van der Waals surface area contributed by atoms with Gasteiger partial charge in [0.1, 0.15) is 0 Å². The third kappa shape index (κ3) is 3.65. The Hall–Kier alpha value is -0.240. The lowest BCUT2D eigenvalue weighted by atomic mass is 9.92. The van der Waals surface area contributed by atoms with Crippen molar-refractivity contribution in [3.05, 3.63) is 33.8 Å². The lowest BCUT2D eigenvalue weighted by Crippen LogP contribution is -2.32. The molecule has 1 aromatic rings. The third-order valence-corrected chi connectivity index (χ3v) is 3.78. The largest absolute Gasteiger partial charge is 0.317 e. The molecule has 1 aromatic carbocycles. The van der Waals surface area contributed by atoms with Gasteiger partial charge in [0.05, 0.1) is 10.0 Å². The van der Waals surface area contributed by atoms with Gasteiger partial charge in [0, 0.05) is 6.04 Å². The summed E-state index contributed by atoms with van der Waals surface area (Å²) in [5.41, 5.74) is 1.25. The molecule has 0 amide bonds. The first kappa shape index (κ1) is 13.8. The second-order valence-electron chi connectivity index (χ2n) is 4.23. The first-order valence-electron chi connectivity index (χ1n) is 5.69. The zero-order valence-electron chi connectivity index (χ0n) is 10.1. The van der Waals surface area contributed by atoms with Gasteiger partial charge in [0.15, 0.2) is 0 Å². The highest BCUT2D eigenvalue weighted by molar-refractivity contribution is 6.42. The molecule has 1 nitrogen and oxygen atoms in total. The molecule has 0 bridgehead atoms. The maximum atomic E-state index is 6.00. The number of hydrogen-bond donors (Lipinski definition) is 1. The molecule has 0 aliphatic heterocycles. The van der Waals surface area contributed by atoms with Gasteiger partial charge in [-0.3, -0.25) is 0 Å². The van der Waals surface area contributed by atoms with Crippen LogP contribution in [0.1, 0.15) is 25.8 Å². The summed E-state index contributed by atoms with van der Waals surface area (Å²) in [5, 5.41) is 4.60. The van der Waals surface area contributed by atoms with Crippen LogP contribution < -0.4 is 5.32 Å². The fraction of sp³-hybridized carbons (Fsp3) is 0.538. The first-order chi connectivity index (χ1) is 7.58. The van der Waals surface area contributed by atoms with Crippen molar-refractivity contribution in [2.75, 3.05) is 7.05 Å². The van der Waals surface area contributed by atoms with Crippen LogP contribution in [0.15, 0.2) is 18.2 Å². The van der Waals surface area contributed by atoms with Gasteiger partial charge in [-0.25, -0.2) is 0 Å². The van der Waals surface area contributed by atoms with Gasteiger partial charge in [-0.2, -0.15) is 0 Å². The lowest BCUT2D eigenvalue weighted by Gasteiger charge is -2.22. The topological polar surface area (TPSA) is 12.0 Å². The Bertz CT molecular complexity index is 335. The quantitative estimate of drug-likeness (QED) is 0.837. The van der Waals surface area contributed by atoms with Gasteiger partial charge in [0.2, 0.25) is 0 Å². The van der Waals surface area contributed by atoms with E-state index in [0.717, 1.165) is 12.8 Å². The Morgan fingerprint density at radius 3 is 2.44 bits per heavy atom. The molecule has 90 valence electrons. The van der Waals surface area contributed by atoms with Crippen molar-refractivity contribution in [1.29, 1.82) is 0 Å². The number of nitrogens with one attached hydrogen (secondary N) is 1. The predicted octanol–water partition coefficient (Wildman–Crippen LogP) is 4.17. The van der Waals surface area contributed by atoms with E-state index in [0.29, 0.717) is 22.0 Å². The highest BCUT2D eigenvalue weighted by Gasteiger charge is 2.14. The summed E-state index contributed by atoms with van der Waals surface area (Å²) < 4.78 is 0. The molecule has 0 aliphatic carbocycles. The fourth-order valence-electron chi connectivity index (χ4n) is 2.07. The van der Waals surface area contributed by atoms with Gasteiger partial charge >= 0.3 is 0 Å². The van der Waals surface area contributed by atoms with Gasteiger partial charge in [0.25, 0.3) is 0 Å². The van der Waals surface area contributed by atoms with Crippen LogP contribution in [0.25, 0.3) is 0 Å². The number of benzene rings is 1. The van der Waals surface area contributed by atoms with Gasteiger partial charge in [-0.05, 0) is 43.5 Å². The van der Waals surface area contributed by atoms with Crippen molar-refractivity contribution in [3.8, 4) is 0 Å². The van der Waals surface area contributed by atoms with Gasteiger partial charge < -0.3 is 5.32 Å². The smallest absolute Gasteiger partial charge is 0.0595 e. The Labute approximate surface area is 108 Å². The van der Waals surface area contributed by atoms with Crippen molar-refractivity contribution >= 4 is 23.2 Å². The van der Waals surface area contributed by atoms with Crippen LogP contribution in [-0.4, -0.2) is 13.1 Å². The minimum Gasteiger partial charge on any atom is -0.317 e. The van der Waals surface area contributed by atoms with E-state index in [9.17, 15) is 0 Å². The molecule has 0 aliphatic rings. The van der Waals surface area contributed by atoms with Crippen LogP contribution in [0.2, 0.25) is 10.0 Å². The van der Waals surface area contributed by atoms with E-state index in [1.807, 2.05) is 25.2 Å². The molecule has 1 rings (SSSR count). The van der Waals surface area contributed by atoms with E-state index in [1.165, 1.54) is 5.56 Å². The summed E-state index contributed by atoms with van der Waals surface area (Å²) in [5.74, 6) is 0.590. The summed E-state index contributed by atoms with van der Waals surface area (Å²) in [6, 6.07) is 6.43. The van der Waals surface area contributed by atoms with Crippen molar-refractivity contribution in [2.24, 2.45) is 5.92 Å². The minimum absolute atomic E-state index is 0.550. The number of rotatable bonds is 5. The minimum atomic E-state index is 0.550. The summed E-state index contributed by atoms with van der Waals surface area (Å²) in [7, 11) is 2.01. The number of hydrogen-bond acceptors (Lipinski definition) is 1. The molecule has 0 heterocycles. The molecule has 0 radical (unpaired) electrons. The highest BCUT2D eigenvalue weighted by Crippen LogP contribution is 2.24. The van der Waals surface area contributed by atoms with E-state index < -0.39 is 0 Å². The summed E-state index contributed by atoms with van der Waals surface area (Å²) >= 11 is 11.9. The van der Waals surface area contributed by atoms with Crippen molar-refractivity contribution < 1.29 is 0 Å². The molecule has 1 N–H and O–H groups in total. The molecule has 0 saturated heterocycles. The molecule has 2 atom stereocenters.